The molecule has 7 heteroatoms. The maximum Gasteiger partial charge on any atom is 0.269 e. The molecule has 1 aromatic carbocycles. The summed E-state index contributed by atoms with van der Waals surface area (Å²) in [6.07, 6.45) is 1.76. The first-order valence-corrected chi connectivity index (χ1v) is 9.04. The third kappa shape index (κ3) is 4.65. The molecule has 0 unspecified atom stereocenters. The zero-order valence-electron chi connectivity index (χ0n) is 14.8. The van der Waals surface area contributed by atoms with Crippen LogP contribution in [-0.4, -0.2) is 57.3 Å². The maximum absolute atomic E-state index is 12.0. The minimum atomic E-state index is -0.181. The summed E-state index contributed by atoms with van der Waals surface area (Å²) in [5.74, 6) is -0.181. The molecule has 138 valence electrons. The summed E-state index contributed by atoms with van der Waals surface area (Å²) in [6.45, 7) is 4.59. The highest BCUT2D eigenvalue weighted by Crippen LogP contribution is 2.22. The molecule has 1 aromatic heterocycles. The summed E-state index contributed by atoms with van der Waals surface area (Å²) in [4.78, 5) is 20.9. The van der Waals surface area contributed by atoms with E-state index in [2.05, 4.69) is 26.2 Å². The third-order valence-corrected chi connectivity index (χ3v) is 4.63. The monoisotopic (exact) mass is 374 g/mol. The SMILES string of the molecule is COCCNC(=O)c1ccc(N2CCN(c3cccc(Cl)c3)CC2)cn1. The van der Waals surface area contributed by atoms with E-state index >= 15 is 0 Å². The van der Waals surface area contributed by atoms with Crippen molar-refractivity contribution in [3.63, 3.8) is 0 Å². The molecule has 26 heavy (non-hydrogen) atoms. The summed E-state index contributed by atoms with van der Waals surface area (Å²) in [5.41, 5.74) is 2.60. The predicted octanol–water partition coefficient (Wildman–Crippen LogP) is 2.44. The first-order chi connectivity index (χ1) is 12.7. The van der Waals surface area contributed by atoms with E-state index in [9.17, 15) is 4.79 Å². The lowest BCUT2D eigenvalue weighted by molar-refractivity contribution is 0.0932. The lowest BCUT2D eigenvalue weighted by atomic mass is 10.2. The smallest absolute Gasteiger partial charge is 0.269 e. The molecule has 1 aliphatic rings. The van der Waals surface area contributed by atoms with E-state index in [4.69, 9.17) is 16.3 Å². The zero-order chi connectivity index (χ0) is 18.4. The van der Waals surface area contributed by atoms with E-state index in [1.54, 1.807) is 19.4 Å². The normalized spacial score (nSPS) is 14.4. The van der Waals surface area contributed by atoms with E-state index in [1.807, 2.05) is 24.3 Å². The fourth-order valence-electron chi connectivity index (χ4n) is 2.96. The van der Waals surface area contributed by atoms with Gasteiger partial charge >= 0.3 is 0 Å². The number of methoxy groups -OCH3 is 1. The van der Waals surface area contributed by atoms with Crippen LogP contribution in [0.3, 0.4) is 0 Å². The Labute approximate surface area is 158 Å². The van der Waals surface area contributed by atoms with Gasteiger partial charge in [-0.3, -0.25) is 4.79 Å². The van der Waals surface area contributed by atoms with Crippen molar-refractivity contribution in [3.05, 3.63) is 53.3 Å². The average molecular weight is 375 g/mol. The summed E-state index contributed by atoms with van der Waals surface area (Å²) < 4.78 is 4.92. The Bertz CT molecular complexity index is 731. The van der Waals surface area contributed by atoms with Gasteiger partial charge in [-0.25, -0.2) is 4.98 Å². The van der Waals surface area contributed by atoms with Crippen LogP contribution in [0.4, 0.5) is 11.4 Å². The second kappa shape index (κ2) is 8.87. The number of amides is 1. The van der Waals surface area contributed by atoms with Crippen LogP contribution in [0.15, 0.2) is 42.6 Å². The number of nitrogens with one attached hydrogen (secondary N) is 1. The predicted molar refractivity (Wildman–Crippen MR) is 104 cm³/mol. The molecule has 0 radical (unpaired) electrons. The van der Waals surface area contributed by atoms with Crippen molar-refractivity contribution in [2.24, 2.45) is 0 Å². The van der Waals surface area contributed by atoms with Crippen molar-refractivity contribution in [2.75, 3.05) is 56.2 Å². The van der Waals surface area contributed by atoms with Crippen LogP contribution < -0.4 is 15.1 Å². The van der Waals surface area contributed by atoms with Gasteiger partial charge in [0.1, 0.15) is 5.69 Å². The van der Waals surface area contributed by atoms with Crippen molar-refractivity contribution in [3.8, 4) is 0 Å². The molecule has 0 spiro atoms. The van der Waals surface area contributed by atoms with E-state index in [0.717, 1.165) is 42.6 Å². The van der Waals surface area contributed by atoms with E-state index in [1.165, 1.54) is 0 Å². The Morgan fingerprint density at radius 1 is 1.15 bits per heavy atom. The summed E-state index contributed by atoms with van der Waals surface area (Å²) in [5, 5.41) is 3.53. The Morgan fingerprint density at radius 2 is 1.88 bits per heavy atom. The molecular formula is C19H23ClN4O2. The van der Waals surface area contributed by atoms with Crippen LogP contribution in [0, 0.1) is 0 Å². The summed E-state index contributed by atoms with van der Waals surface area (Å²) in [6, 6.07) is 11.7. The second-order valence-corrected chi connectivity index (χ2v) is 6.54. The molecule has 0 atom stereocenters. The standard InChI is InChI=1S/C19H23ClN4O2/c1-26-12-7-21-19(25)18-6-5-17(14-22-18)24-10-8-23(9-11-24)16-4-2-3-15(20)13-16/h2-6,13-14H,7-12H2,1H3,(H,21,25). The number of aromatic nitrogens is 1. The number of ether oxygens (including phenoxy) is 1. The van der Waals surface area contributed by atoms with Gasteiger partial charge < -0.3 is 19.9 Å². The number of anilines is 2. The molecule has 0 bridgehead atoms. The summed E-state index contributed by atoms with van der Waals surface area (Å²) in [7, 11) is 1.60. The lowest BCUT2D eigenvalue weighted by Crippen LogP contribution is -2.46. The quantitative estimate of drug-likeness (QED) is 0.787. The first-order valence-electron chi connectivity index (χ1n) is 8.66. The molecule has 0 aliphatic carbocycles. The van der Waals surface area contributed by atoms with Crippen LogP contribution in [0.2, 0.25) is 5.02 Å². The molecule has 1 fully saturated rings. The number of halogens is 1. The van der Waals surface area contributed by atoms with Gasteiger partial charge in [0.05, 0.1) is 18.5 Å². The number of hydrogen-bond donors (Lipinski definition) is 1. The van der Waals surface area contributed by atoms with Gasteiger partial charge in [0.25, 0.3) is 5.91 Å². The minimum Gasteiger partial charge on any atom is -0.383 e. The average Bonchev–Trinajstić information content (AvgIpc) is 2.68. The number of hydrogen-bond acceptors (Lipinski definition) is 5. The van der Waals surface area contributed by atoms with Crippen LogP contribution in [-0.2, 0) is 4.74 Å². The summed E-state index contributed by atoms with van der Waals surface area (Å²) >= 11 is 6.08. The highest BCUT2D eigenvalue weighted by atomic mass is 35.5. The van der Waals surface area contributed by atoms with Crippen molar-refractivity contribution in [2.45, 2.75) is 0 Å². The number of nitrogens with zero attached hydrogens (tertiary/aromatic N) is 3. The van der Waals surface area contributed by atoms with Gasteiger partial charge in [0.2, 0.25) is 0 Å². The molecule has 1 N–H and O–H groups in total. The molecule has 2 heterocycles. The number of carbonyl (C=O) groups is 1. The van der Waals surface area contributed by atoms with E-state index < -0.39 is 0 Å². The fraction of sp³-hybridized carbons (Fsp3) is 0.368. The molecule has 2 aromatic rings. The largest absolute Gasteiger partial charge is 0.383 e. The molecule has 6 nitrogen and oxygen atoms in total. The van der Waals surface area contributed by atoms with Gasteiger partial charge in [0, 0.05) is 50.5 Å². The Balaban J connectivity index is 1.55. The number of carbonyl (C=O) groups excluding carboxylic acids is 1. The number of rotatable bonds is 6. The Morgan fingerprint density at radius 3 is 2.50 bits per heavy atom. The van der Waals surface area contributed by atoms with Crippen LogP contribution in [0.1, 0.15) is 10.5 Å². The molecule has 1 aliphatic heterocycles. The van der Waals surface area contributed by atoms with Crippen molar-refractivity contribution in [1.82, 2.24) is 10.3 Å². The third-order valence-electron chi connectivity index (χ3n) is 4.39. The van der Waals surface area contributed by atoms with Gasteiger partial charge in [-0.2, -0.15) is 0 Å². The second-order valence-electron chi connectivity index (χ2n) is 6.10. The van der Waals surface area contributed by atoms with Gasteiger partial charge in [0.15, 0.2) is 0 Å². The fourth-order valence-corrected chi connectivity index (χ4v) is 3.14. The Kier molecular flexibility index (Phi) is 6.30. The Hall–Kier alpha value is -2.31. The van der Waals surface area contributed by atoms with Crippen LogP contribution in [0.5, 0.6) is 0 Å². The van der Waals surface area contributed by atoms with Crippen molar-refractivity contribution in [1.29, 1.82) is 0 Å². The van der Waals surface area contributed by atoms with Gasteiger partial charge in [-0.1, -0.05) is 17.7 Å². The topological polar surface area (TPSA) is 57.7 Å². The first kappa shape index (κ1) is 18.5. The van der Waals surface area contributed by atoms with Crippen LogP contribution in [0.25, 0.3) is 0 Å². The molecule has 1 saturated heterocycles. The highest BCUT2D eigenvalue weighted by Gasteiger charge is 2.18. The number of piperazine rings is 1. The molecule has 3 rings (SSSR count). The number of pyridine rings is 1. The van der Waals surface area contributed by atoms with Crippen molar-refractivity contribution < 1.29 is 9.53 Å². The van der Waals surface area contributed by atoms with E-state index in [0.29, 0.717) is 18.8 Å². The number of benzene rings is 1. The molecular weight excluding hydrogens is 352 g/mol. The van der Waals surface area contributed by atoms with Crippen molar-refractivity contribution >= 4 is 28.9 Å². The lowest BCUT2D eigenvalue weighted by Gasteiger charge is -2.37. The highest BCUT2D eigenvalue weighted by molar-refractivity contribution is 6.30. The zero-order valence-corrected chi connectivity index (χ0v) is 15.6. The van der Waals surface area contributed by atoms with Gasteiger partial charge in [-0.05, 0) is 30.3 Å². The molecule has 1 amide bonds. The van der Waals surface area contributed by atoms with E-state index in [-0.39, 0.29) is 5.91 Å². The maximum atomic E-state index is 12.0. The van der Waals surface area contributed by atoms with Crippen LogP contribution >= 0.6 is 11.6 Å². The minimum absolute atomic E-state index is 0.181. The molecule has 0 saturated carbocycles. The van der Waals surface area contributed by atoms with Gasteiger partial charge in [-0.15, -0.1) is 0 Å².